The molecule has 7 heteroatoms. The van der Waals surface area contributed by atoms with Crippen molar-refractivity contribution in [1.29, 1.82) is 0 Å². The molecule has 0 radical (unpaired) electrons. The molecular weight excluding hydrogens is 452 g/mol. The molecule has 0 aromatic rings. The number of hydrogen-bond acceptors (Lipinski definition) is 7. The van der Waals surface area contributed by atoms with Crippen molar-refractivity contribution >= 4 is 34.8 Å². The minimum atomic E-state index is -1.23. The molecule has 1 N–H and O–H groups in total. The number of carbonyl (C=O) groups is 3. The molecule has 186 valence electrons. The van der Waals surface area contributed by atoms with Crippen molar-refractivity contribution in [3.8, 4) is 0 Å². The highest BCUT2D eigenvalue weighted by Gasteiger charge is 2.70. The first-order valence-electron chi connectivity index (χ1n) is 12.4. The van der Waals surface area contributed by atoms with Crippen molar-refractivity contribution < 1.29 is 29.0 Å². The van der Waals surface area contributed by atoms with E-state index in [0.29, 0.717) is 24.3 Å². The number of thiocarbonyl (C=S) groups is 1. The maximum absolute atomic E-state index is 13.6. The van der Waals surface area contributed by atoms with Crippen molar-refractivity contribution in [1.82, 2.24) is 0 Å². The van der Waals surface area contributed by atoms with Gasteiger partial charge in [0.05, 0.1) is 6.10 Å². The van der Waals surface area contributed by atoms with E-state index < -0.39 is 28.5 Å². The van der Waals surface area contributed by atoms with Crippen molar-refractivity contribution in [3.05, 3.63) is 23.8 Å². The molecule has 6 nitrogen and oxygen atoms in total. The quantitative estimate of drug-likeness (QED) is 0.460. The largest absolute Gasteiger partial charge is 0.472 e. The van der Waals surface area contributed by atoms with Gasteiger partial charge in [-0.3, -0.25) is 14.4 Å². The number of aliphatic hydroxyl groups excluding tert-OH is 1. The molecule has 0 aromatic heterocycles. The van der Waals surface area contributed by atoms with Crippen LogP contribution < -0.4 is 0 Å². The van der Waals surface area contributed by atoms with Crippen LogP contribution in [0, 0.1) is 34.5 Å². The maximum Gasteiger partial charge on any atom is 0.303 e. The molecule has 0 amide bonds. The van der Waals surface area contributed by atoms with Gasteiger partial charge in [0.2, 0.25) is 5.78 Å². The Morgan fingerprint density at radius 2 is 2.00 bits per heavy atom. The molecule has 0 spiro atoms. The lowest BCUT2D eigenvalue weighted by molar-refractivity contribution is -0.179. The summed E-state index contributed by atoms with van der Waals surface area (Å²) in [6.07, 6.45) is 7.67. The lowest BCUT2D eigenvalue weighted by atomic mass is 9.44. The van der Waals surface area contributed by atoms with Gasteiger partial charge in [-0.15, -0.1) is 0 Å². The fourth-order valence-corrected chi connectivity index (χ4v) is 8.11. The van der Waals surface area contributed by atoms with Crippen LogP contribution >= 0.6 is 12.2 Å². The third kappa shape index (κ3) is 3.62. The zero-order chi connectivity index (χ0) is 25.1. The predicted molar refractivity (Wildman–Crippen MR) is 131 cm³/mol. The van der Waals surface area contributed by atoms with Crippen LogP contribution in [0.25, 0.3) is 0 Å². The molecule has 0 aliphatic heterocycles. The molecule has 34 heavy (non-hydrogen) atoms. The number of ether oxygens (including phenoxy) is 2. The van der Waals surface area contributed by atoms with Crippen molar-refractivity contribution in [2.24, 2.45) is 34.5 Å². The lowest BCUT2D eigenvalue weighted by Gasteiger charge is -2.61. The Labute approximate surface area is 207 Å². The Balaban J connectivity index is 1.76. The van der Waals surface area contributed by atoms with E-state index in [1.165, 1.54) is 6.92 Å². The van der Waals surface area contributed by atoms with Crippen molar-refractivity contribution in [3.63, 3.8) is 0 Å². The smallest absolute Gasteiger partial charge is 0.303 e. The first kappa shape index (κ1) is 25.2. The molecule has 4 rings (SSSR count). The van der Waals surface area contributed by atoms with E-state index in [9.17, 15) is 19.5 Å². The monoisotopic (exact) mass is 488 g/mol. The second-order valence-corrected chi connectivity index (χ2v) is 11.6. The van der Waals surface area contributed by atoms with Gasteiger partial charge in [-0.1, -0.05) is 39.3 Å². The Morgan fingerprint density at radius 3 is 2.65 bits per heavy atom. The Hall–Kier alpha value is -1.86. The topological polar surface area (TPSA) is 89.9 Å². The number of esters is 1. The summed E-state index contributed by atoms with van der Waals surface area (Å²) in [4.78, 5) is 37.3. The Bertz CT molecular complexity index is 984. The number of fused-ring (bicyclic) bond motifs is 5. The minimum Gasteiger partial charge on any atom is -0.472 e. The van der Waals surface area contributed by atoms with Gasteiger partial charge in [0, 0.05) is 30.1 Å². The third-order valence-corrected chi connectivity index (χ3v) is 9.74. The maximum atomic E-state index is 13.6. The Kier molecular flexibility index (Phi) is 6.43. The van der Waals surface area contributed by atoms with Crippen LogP contribution in [0.2, 0.25) is 0 Å². The molecular formula is C27H36O6S. The van der Waals surface area contributed by atoms with Crippen LogP contribution in [0.4, 0.5) is 0 Å². The molecule has 0 bridgehead atoms. The molecule has 3 saturated carbocycles. The van der Waals surface area contributed by atoms with Gasteiger partial charge in [0.15, 0.2) is 23.0 Å². The number of carbonyl (C=O) groups excluding carboxylic acids is 3. The molecule has 0 aromatic carbocycles. The lowest BCUT2D eigenvalue weighted by Crippen LogP contribution is -2.63. The van der Waals surface area contributed by atoms with Crippen LogP contribution in [0.5, 0.6) is 0 Å². The SMILES string of the molecule is CCC(=S)O[C@]1(C(=O)COC(C)=O)CC[C@H]2[C@@H]3C[C@H](C)C4=CC(=O)C=C[C@]4(C)[C@H]3[C@@H](O)C[C@@]21C. The first-order valence-corrected chi connectivity index (χ1v) is 12.8. The molecule has 0 heterocycles. The van der Waals surface area contributed by atoms with Gasteiger partial charge in [-0.25, -0.2) is 0 Å². The van der Waals surface area contributed by atoms with Gasteiger partial charge in [0.25, 0.3) is 0 Å². The number of rotatable bonds is 5. The van der Waals surface area contributed by atoms with Crippen molar-refractivity contribution in [2.75, 3.05) is 6.61 Å². The molecule has 3 fully saturated rings. The van der Waals surface area contributed by atoms with E-state index in [1.807, 2.05) is 19.9 Å². The Morgan fingerprint density at radius 1 is 1.29 bits per heavy atom. The average molecular weight is 489 g/mol. The molecule has 4 aliphatic carbocycles. The number of Topliss-reactive ketones (excluding diaryl/α,β-unsaturated/α-hetero) is 1. The average Bonchev–Trinajstić information content (AvgIpc) is 3.05. The fraction of sp³-hybridized carbons (Fsp3) is 0.704. The number of allylic oxidation sites excluding steroid dienone is 4. The third-order valence-electron chi connectivity index (χ3n) is 9.37. The summed E-state index contributed by atoms with van der Waals surface area (Å²) in [5.41, 5.74) is -1.19. The highest BCUT2D eigenvalue weighted by Crippen LogP contribution is 2.68. The van der Waals surface area contributed by atoms with E-state index in [1.54, 1.807) is 12.2 Å². The van der Waals surface area contributed by atoms with Gasteiger partial charge in [0.1, 0.15) is 0 Å². The van der Waals surface area contributed by atoms with Gasteiger partial charge >= 0.3 is 5.97 Å². The first-order chi connectivity index (χ1) is 15.9. The molecule has 0 saturated heterocycles. The molecule has 8 atom stereocenters. The highest BCUT2D eigenvalue weighted by molar-refractivity contribution is 7.80. The van der Waals surface area contributed by atoms with Crippen LogP contribution in [-0.4, -0.2) is 46.0 Å². The van der Waals surface area contributed by atoms with Crippen molar-refractivity contribution in [2.45, 2.75) is 78.4 Å². The summed E-state index contributed by atoms with van der Waals surface area (Å²) in [5, 5.41) is 12.0. The number of ketones is 2. The minimum absolute atomic E-state index is 0.00495. The zero-order valence-corrected chi connectivity index (χ0v) is 21.6. The number of hydrogen-bond donors (Lipinski definition) is 1. The van der Waals surface area contributed by atoms with Gasteiger partial charge in [-0.2, -0.15) is 0 Å². The van der Waals surface area contributed by atoms with Crippen LogP contribution in [0.3, 0.4) is 0 Å². The summed E-state index contributed by atoms with van der Waals surface area (Å²) >= 11 is 5.44. The van der Waals surface area contributed by atoms with E-state index in [-0.39, 0.29) is 41.8 Å². The predicted octanol–water partition coefficient (Wildman–Crippen LogP) is 4.14. The van der Waals surface area contributed by atoms with Gasteiger partial charge < -0.3 is 14.6 Å². The number of aliphatic hydroxyl groups is 1. The van der Waals surface area contributed by atoms with E-state index in [0.717, 1.165) is 18.4 Å². The van der Waals surface area contributed by atoms with Crippen LogP contribution in [-0.2, 0) is 23.9 Å². The highest BCUT2D eigenvalue weighted by atomic mass is 32.1. The summed E-state index contributed by atoms with van der Waals surface area (Å²) < 4.78 is 11.4. The molecule has 4 aliphatic rings. The normalized spacial score (nSPS) is 42.7. The van der Waals surface area contributed by atoms with E-state index >= 15 is 0 Å². The molecule has 0 unspecified atom stereocenters. The second-order valence-electron chi connectivity index (χ2n) is 11.1. The van der Waals surface area contributed by atoms with E-state index in [2.05, 4.69) is 13.8 Å². The summed E-state index contributed by atoms with van der Waals surface area (Å²) in [5.74, 6) is -0.358. The summed E-state index contributed by atoms with van der Waals surface area (Å²) in [6.45, 7) is 9.15. The van der Waals surface area contributed by atoms with Crippen LogP contribution in [0.1, 0.15) is 66.7 Å². The fourth-order valence-electron chi connectivity index (χ4n) is 7.97. The summed E-state index contributed by atoms with van der Waals surface area (Å²) in [6, 6.07) is 0. The van der Waals surface area contributed by atoms with Gasteiger partial charge in [-0.05, 0) is 67.8 Å². The standard InChI is InChI=1S/C27H36O6S/c1-6-23(34)33-27(22(31)14-32-16(3)28)10-8-19-18-11-15(2)20-12-17(29)7-9-25(20,4)24(18)21(30)13-26(19,27)5/h7,9,12,15,18-19,21,24,30H,6,8,10-11,13-14H2,1-5H3/t15-,18-,19-,21-,24+,25-,26-,27-/m0/s1. The second kappa shape index (κ2) is 8.66. The van der Waals surface area contributed by atoms with E-state index in [4.69, 9.17) is 21.7 Å². The van der Waals surface area contributed by atoms with Crippen LogP contribution in [0.15, 0.2) is 23.8 Å². The summed E-state index contributed by atoms with van der Waals surface area (Å²) in [7, 11) is 0. The zero-order valence-electron chi connectivity index (χ0n) is 20.8.